The maximum Gasteiger partial charge on any atom is 0.417 e. The van der Waals surface area contributed by atoms with Gasteiger partial charge in [0.15, 0.2) is 5.60 Å². The van der Waals surface area contributed by atoms with E-state index < -0.39 is 30.0 Å². The summed E-state index contributed by atoms with van der Waals surface area (Å²) in [6.45, 7) is 3.94. The largest absolute Gasteiger partial charge is 0.493 e. The van der Waals surface area contributed by atoms with E-state index in [2.05, 4.69) is 27.0 Å². The van der Waals surface area contributed by atoms with E-state index in [1.54, 1.807) is 44.2 Å². The highest BCUT2D eigenvalue weighted by molar-refractivity contribution is 9.10. The molecule has 0 spiro atoms. The number of hydrogen-bond donors (Lipinski definition) is 2. The zero-order valence-electron chi connectivity index (χ0n) is 16.7. The summed E-state index contributed by atoms with van der Waals surface area (Å²) in [7, 11) is 0. The molecule has 1 atom stereocenters. The van der Waals surface area contributed by atoms with Crippen LogP contribution in [-0.4, -0.2) is 28.5 Å². The predicted molar refractivity (Wildman–Crippen MR) is 113 cm³/mol. The van der Waals surface area contributed by atoms with E-state index in [0.717, 1.165) is 15.4 Å². The average Bonchev–Trinajstić information content (AvgIpc) is 3.24. The van der Waals surface area contributed by atoms with E-state index in [4.69, 9.17) is 4.74 Å². The second kappa shape index (κ2) is 7.31. The van der Waals surface area contributed by atoms with Crippen molar-refractivity contribution in [3.8, 4) is 5.75 Å². The van der Waals surface area contributed by atoms with Gasteiger partial charge in [0, 0.05) is 39.5 Å². The highest BCUT2D eigenvalue weighted by Gasteiger charge is 2.56. The monoisotopic (exact) mass is 480 g/mol. The smallest absolute Gasteiger partial charge is 0.417 e. The van der Waals surface area contributed by atoms with Crippen molar-refractivity contribution < 1.29 is 23.0 Å². The molecule has 1 aliphatic heterocycles. The minimum Gasteiger partial charge on any atom is -0.493 e. The van der Waals surface area contributed by atoms with E-state index in [0.29, 0.717) is 35.6 Å². The van der Waals surface area contributed by atoms with Crippen LogP contribution in [0, 0.1) is 6.07 Å². The normalized spacial score (nSPS) is 16.4. The second-order valence-electron chi connectivity index (χ2n) is 8.61. The van der Waals surface area contributed by atoms with E-state index in [1.165, 1.54) is 0 Å². The van der Waals surface area contributed by atoms with Gasteiger partial charge in [0.05, 0.1) is 6.61 Å². The number of hydrogen-bond acceptors (Lipinski definition) is 2. The number of aromatic amines is 1. The number of halogens is 4. The first kappa shape index (κ1) is 21.2. The maximum atomic E-state index is 14.1. The average molecular weight is 481 g/mol. The fraction of sp³-hybridized carbons (Fsp3) is 0.391. The van der Waals surface area contributed by atoms with Crippen LogP contribution in [0.2, 0.25) is 0 Å². The van der Waals surface area contributed by atoms with Crippen LogP contribution >= 0.6 is 15.9 Å². The van der Waals surface area contributed by atoms with Crippen molar-refractivity contribution in [1.29, 1.82) is 0 Å². The third-order valence-electron chi connectivity index (χ3n) is 5.74. The maximum absolute atomic E-state index is 14.1. The molecule has 2 aromatic carbocycles. The first-order valence-corrected chi connectivity index (χ1v) is 10.5. The molecule has 159 valence electrons. The molecule has 1 radical (unpaired) electrons. The first-order valence-electron chi connectivity index (χ1n) is 9.71. The Hall–Kier alpha value is -1.99. The lowest BCUT2D eigenvalue weighted by Crippen LogP contribution is -2.51. The molecule has 1 unspecified atom stereocenters. The zero-order chi connectivity index (χ0) is 21.7. The van der Waals surface area contributed by atoms with Gasteiger partial charge < -0.3 is 14.8 Å². The lowest BCUT2D eigenvalue weighted by molar-refractivity contribution is -0.266. The van der Waals surface area contributed by atoms with Crippen LogP contribution in [-0.2, 0) is 18.3 Å². The summed E-state index contributed by atoms with van der Waals surface area (Å²) in [5.74, 6) is 0.633. The van der Waals surface area contributed by atoms with Gasteiger partial charge in [0.1, 0.15) is 5.75 Å². The molecule has 30 heavy (non-hydrogen) atoms. The molecule has 1 aliphatic rings. The summed E-state index contributed by atoms with van der Waals surface area (Å²) < 4.78 is 48.9. The Labute approximate surface area is 181 Å². The molecule has 0 amide bonds. The number of alkyl halides is 3. The zero-order valence-corrected chi connectivity index (χ0v) is 18.2. The summed E-state index contributed by atoms with van der Waals surface area (Å²) in [6.07, 6.45) is -5.15. The lowest BCUT2D eigenvalue weighted by Gasteiger charge is -2.38. The van der Waals surface area contributed by atoms with Gasteiger partial charge in [-0.25, -0.2) is 0 Å². The fourth-order valence-corrected chi connectivity index (χ4v) is 4.85. The van der Waals surface area contributed by atoms with Crippen molar-refractivity contribution in [2.45, 2.75) is 50.3 Å². The third kappa shape index (κ3) is 3.85. The summed E-state index contributed by atoms with van der Waals surface area (Å²) in [6, 6.07) is 13.4. The van der Waals surface area contributed by atoms with Gasteiger partial charge in [0.2, 0.25) is 0 Å². The highest BCUT2D eigenvalue weighted by Crippen LogP contribution is 2.47. The number of benzene rings is 2. The quantitative estimate of drug-likeness (QED) is 0.479. The molecule has 0 aliphatic carbocycles. The van der Waals surface area contributed by atoms with Gasteiger partial charge >= 0.3 is 6.18 Å². The minimum atomic E-state index is -4.80. The van der Waals surface area contributed by atoms with Crippen molar-refractivity contribution in [3.05, 3.63) is 63.8 Å². The highest BCUT2D eigenvalue weighted by atomic mass is 79.9. The molecule has 2 heterocycles. The number of aliphatic hydroxyl groups is 1. The van der Waals surface area contributed by atoms with Crippen molar-refractivity contribution in [2.24, 2.45) is 0 Å². The molecule has 0 saturated carbocycles. The van der Waals surface area contributed by atoms with Gasteiger partial charge in [-0.1, -0.05) is 35.8 Å². The van der Waals surface area contributed by atoms with Crippen molar-refractivity contribution in [2.75, 3.05) is 6.61 Å². The van der Waals surface area contributed by atoms with Gasteiger partial charge in [-0.05, 0) is 53.8 Å². The lowest BCUT2D eigenvalue weighted by atomic mass is 9.73. The third-order valence-corrected chi connectivity index (χ3v) is 6.20. The molecule has 4 rings (SSSR count). The van der Waals surface area contributed by atoms with E-state index in [-0.39, 0.29) is 0 Å². The number of H-pyrrole nitrogens is 1. The van der Waals surface area contributed by atoms with Gasteiger partial charge in [-0.2, -0.15) is 13.2 Å². The Bertz CT molecular complexity index is 1060. The summed E-state index contributed by atoms with van der Waals surface area (Å²) in [4.78, 5) is 2.99. The van der Waals surface area contributed by atoms with Crippen molar-refractivity contribution in [1.82, 2.24) is 4.98 Å². The molecule has 2 N–H and O–H groups in total. The first-order chi connectivity index (χ1) is 14.0. The second-order valence-corrected chi connectivity index (χ2v) is 9.53. The van der Waals surface area contributed by atoms with Crippen molar-refractivity contribution >= 4 is 26.8 Å². The summed E-state index contributed by atoms with van der Waals surface area (Å²) >= 11 is 3.45. The molecular formula is C23H22BrF3NO2. The van der Waals surface area contributed by atoms with Crippen LogP contribution < -0.4 is 4.74 Å². The topological polar surface area (TPSA) is 45.2 Å². The van der Waals surface area contributed by atoms with Gasteiger partial charge in [-0.3, -0.25) is 0 Å². The predicted octanol–water partition coefficient (Wildman–Crippen LogP) is 5.87. The summed E-state index contributed by atoms with van der Waals surface area (Å²) in [5.41, 5.74) is -1.22. The summed E-state index contributed by atoms with van der Waals surface area (Å²) in [5, 5.41) is 11.7. The van der Waals surface area contributed by atoms with Crippen LogP contribution in [0.5, 0.6) is 5.75 Å². The number of ether oxygens (including phenoxy) is 1. The Kier molecular flexibility index (Phi) is 5.18. The van der Waals surface area contributed by atoms with E-state index in [9.17, 15) is 18.3 Å². The van der Waals surface area contributed by atoms with Crippen LogP contribution in [0.1, 0.15) is 37.1 Å². The molecular weight excluding hydrogens is 459 g/mol. The number of aromatic nitrogens is 1. The van der Waals surface area contributed by atoms with Crippen LogP contribution in [0.25, 0.3) is 10.9 Å². The molecule has 0 bridgehead atoms. The van der Waals surface area contributed by atoms with Gasteiger partial charge in [0.25, 0.3) is 0 Å². The molecule has 1 aromatic heterocycles. The molecule has 3 nitrogen and oxygen atoms in total. The number of nitrogens with one attached hydrogen (secondary N) is 1. The van der Waals surface area contributed by atoms with E-state index >= 15 is 0 Å². The molecule has 3 aromatic rings. The fourth-order valence-electron chi connectivity index (χ4n) is 4.34. The molecule has 0 fully saturated rings. The van der Waals surface area contributed by atoms with Crippen LogP contribution in [0.4, 0.5) is 13.2 Å². The van der Waals surface area contributed by atoms with Crippen LogP contribution in [0.3, 0.4) is 0 Å². The Morgan fingerprint density at radius 1 is 1.23 bits per heavy atom. The van der Waals surface area contributed by atoms with Crippen LogP contribution in [0.15, 0.2) is 40.9 Å². The SMILES string of the molecule is CC(C)(CC(O)(Cc1cc2c[c]ccc2[nH]1)C(F)(F)F)c1cc(Br)cc2c1OCC2. The van der Waals surface area contributed by atoms with E-state index in [1.807, 2.05) is 6.07 Å². The minimum absolute atomic E-state index is 0.330. The van der Waals surface area contributed by atoms with Gasteiger partial charge in [-0.15, -0.1) is 0 Å². The Morgan fingerprint density at radius 2 is 2.00 bits per heavy atom. The number of fused-ring (bicyclic) bond motifs is 2. The number of rotatable bonds is 5. The van der Waals surface area contributed by atoms with Crippen molar-refractivity contribution in [3.63, 3.8) is 0 Å². The Morgan fingerprint density at radius 3 is 2.70 bits per heavy atom. The molecule has 7 heteroatoms. The standard InChI is InChI=1S/C23H22BrF3NO2/c1-21(2,18-11-16(24)9-15-7-8-30-20(15)18)13-22(29,23(25,26)27)12-17-10-14-5-3-4-6-19(14)28-17/h4-6,9-11,28-29H,7-8,12-13H2,1-2H3. The molecule has 0 saturated heterocycles. The Balaban J connectivity index is 1.71.